The summed E-state index contributed by atoms with van der Waals surface area (Å²) in [4.78, 5) is 23.5. The number of aromatic nitrogens is 1. The molecule has 4 aromatic rings. The number of nitrogens with one attached hydrogen (secondary N) is 1. The summed E-state index contributed by atoms with van der Waals surface area (Å²) in [6.45, 7) is 6.23. The van der Waals surface area contributed by atoms with Crippen molar-refractivity contribution in [3.8, 4) is 0 Å². The molecule has 0 bridgehead atoms. The molecule has 3 N–H and O–H groups in total. The highest BCUT2D eigenvalue weighted by Crippen LogP contribution is 2.42. The van der Waals surface area contributed by atoms with Gasteiger partial charge in [0.1, 0.15) is 15.3 Å². The number of anilines is 1. The fraction of sp³-hybridized carbons (Fsp3) is 0.207. The molecule has 5 nitrogen and oxygen atoms in total. The van der Waals surface area contributed by atoms with Gasteiger partial charge in [0.2, 0.25) is 5.91 Å². The van der Waals surface area contributed by atoms with Crippen molar-refractivity contribution in [1.82, 2.24) is 4.98 Å². The van der Waals surface area contributed by atoms with Crippen molar-refractivity contribution in [2.45, 2.75) is 38.9 Å². The van der Waals surface area contributed by atoms with Gasteiger partial charge in [-0.1, -0.05) is 74.1 Å². The molecule has 182 valence electrons. The van der Waals surface area contributed by atoms with Gasteiger partial charge < -0.3 is 11.1 Å². The van der Waals surface area contributed by atoms with Gasteiger partial charge in [-0.3, -0.25) is 4.79 Å². The summed E-state index contributed by atoms with van der Waals surface area (Å²) in [6.07, 6.45) is 1.67. The Hall–Kier alpha value is -3.42. The van der Waals surface area contributed by atoms with E-state index in [0.29, 0.717) is 5.70 Å². The molecule has 7 heteroatoms. The number of nitrogens with zero attached hydrogens (tertiary/aromatic N) is 2. The predicted octanol–water partition coefficient (Wildman–Crippen LogP) is 6.88. The summed E-state index contributed by atoms with van der Waals surface area (Å²) < 4.78 is 1.07. The molecule has 0 fully saturated rings. The summed E-state index contributed by atoms with van der Waals surface area (Å²) in [5, 5.41) is 4.12. The van der Waals surface area contributed by atoms with Crippen LogP contribution in [0.15, 0.2) is 77.4 Å². The number of rotatable bonds is 6. The Morgan fingerprint density at radius 1 is 1.00 bits per heavy atom. The summed E-state index contributed by atoms with van der Waals surface area (Å²) in [5.74, 6) is -0.137. The molecule has 1 aliphatic rings. The number of fused-ring (bicyclic) bond motifs is 1. The molecule has 5 rings (SSSR count). The number of benzene rings is 3. The molecule has 0 radical (unpaired) electrons. The van der Waals surface area contributed by atoms with Crippen LogP contribution in [0.1, 0.15) is 35.5 Å². The van der Waals surface area contributed by atoms with Crippen LogP contribution in [0.3, 0.4) is 0 Å². The fourth-order valence-electron chi connectivity index (χ4n) is 4.35. The van der Waals surface area contributed by atoms with E-state index in [-0.39, 0.29) is 5.91 Å². The molecule has 1 atom stereocenters. The molecular formula is C29H28N4OS2. The summed E-state index contributed by atoms with van der Waals surface area (Å²) >= 11 is 2.97. The van der Waals surface area contributed by atoms with Crippen LogP contribution in [0.5, 0.6) is 0 Å². The van der Waals surface area contributed by atoms with Crippen molar-refractivity contribution in [1.29, 1.82) is 0 Å². The van der Waals surface area contributed by atoms with Gasteiger partial charge in [0.15, 0.2) is 0 Å². The SMILES string of the molecule is CCc1cccc(CC)c1NC(=O)C1SC(=Nc2ccccc2C)C(c2nc3ccccc3s2)=C1N. The first-order valence-corrected chi connectivity index (χ1v) is 13.8. The Bertz CT molecular complexity index is 1460. The average molecular weight is 513 g/mol. The predicted molar refractivity (Wildman–Crippen MR) is 154 cm³/mol. The Labute approximate surface area is 219 Å². The van der Waals surface area contributed by atoms with Crippen LogP contribution in [0.25, 0.3) is 15.8 Å². The first kappa shape index (κ1) is 24.3. The van der Waals surface area contributed by atoms with Crippen molar-refractivity contribution in [3.05, 3.63) is 94.1 Å². The standard InChI is InChI=1S/C29H28N4OS2/c1-4-18-12-10-13-19(5-2)25(18)33-27(34)26-24(30)23(28-32-21-15-8-9-16-22(21)35-28)29(36-26)31-20-14-7-6-11-17(20)3/h6-16,26H,4-5,30H2,1-3H3,(H,33,34). The van der Waals surface area contributed by atoms with Crippen molar-refractivity contribution in [2.75, 3.05) is 5.32 Å². The third kappa shape index (κ3) is 4.56. The molecule has 0 saturated carbocycles. The highest BCUT2D eigenvalue weighted by molar-refractivity contribution is 8.16. The van der Waals surface area contributed by atoms with Crippen molar-refractivity contribution in [3.63, 3.8) is 0 Å². The molecule has 0 aliphatic carbocycles. The van der Waals surface area contributed by atoms with E-state index >= 15 is 0 Å². The lowest BCUT2D eigenvalue weighted by atomic mass is 10.0. The van der Waals surface area contributed by atoms with Crippen LogP contribution in [0.2, 0.25) is 0 Å². The summed E-state index contributed by atoms with van der Waals surface area (Å²) in [7, 11) is 0. The van der Waals surface area contributed by atoms with Gasteiger partial charge in [-0.25, -0.2) is 9.98 Å². The second kappa shape index (κ2) is 10.3. The van der Waals surface area contributed by atoms with Gasteiger partial charge >= 0.3 is 0 Å². The average Bonchev–Trinajstić information content (AvgIpc) is 3.45. The highest BCUT2D eigenvalue weighted by atomic mass is 32.2. The van der Waals surface area contributed by atoms with Crippen LogP contribution < -0.4 is 11.1 Å². The smallest absolute Gasteiger partial charge is 0.243 e. The van der Waals surface area contributed by atoms with E-state index in [1.165, 1.54) is 11.8 Å². The number of hydrogen-bond donors (Lipinski definition) is 2. The Balaban J connectivity index is 1.58. The van der Waals surface area contributed by atoms with E-state index in [1.807, 2.05) is 61.5 Å². The summed E-state index contributed by atoms with van der Waals surface area (Å²) in [5.41, 5.74) is 14.0. The number of para-hydroxylation sites is 3. The van der Waals surface area contributed by atoms with Crippen LogP contribution in [0.4, 0.5) is 11.4 Å². The maximum absolute atomic E-state index is 13.7. The van der Waals surface area contributed by atoms with Gasteiger partial charge in [-0.05, 0) is 54.7 Å². The van der Waals surface area contributed by atoms with Gasteiger partial charge in [0, 0.05) is 11.4 Å². The molecule has 2 heterocycles. The normalized spacial score (nSPS) is 16.8. The third-order valence-electron chi connectivity index (χ3n) is 6.34. The van der Waals surface area contributed by atoms with Crippen LogP contribution in [-0.4, -0.2) is 21.2 Å². The van der Waals surface area contributed by atoms with Crippen molar-refractivity contribution in [2.24, 2.45) is 10.7 Å². The lowest BCUT2D eigenvalue weighted by Gasteiger charge is -2.17. The second-order valence-corrected chi connectivity index (χ2v) is 10.8. The fourth-order valence-corrected chi connectivity index (χ4v) is 6.57. The lowest BCUT2D eigenvalue weighted by molar-refractivity contribution is -0.115. The van der Waals surface area contributed by atoms with E-state index < -0.39 is 5.25 Å². The minimum Gasteiger partial charge on any atom is -0.400 e. The molecule has 1 aromatic heterocycles. The minimum absolute atomic E-state index is 0.137. The van der Waals surface area contributed by atoms with Crippen LogP contribution in [-0.2, 0) is 17.6 Å². The lowest BCUT2D eigenvalue weighted by Crippen LogP contribution is -2.29. The quantitative estimate of drug-likeness (QED) is 0.295. The topological polar surface area (TPSA) is 80.4 Å². The molecule has 1 unspecified atom stereocenters. The van der Waals surface area contributed by atoms with Crippen molar-refractivity contribution < 1.29 is 4.79 Å². The van der Waals surface area contributed by atoms with E-state index in [1.54, 1.807) is 11.3 Å². The molecule has 0 spiro atoms. The first-order chi connectivity index (χ1) is 17.5. The van der Waals surface area contributed by atoms with Crippen LogP contribution in [0, 0.1) is 6.92 Å². The number of carbonyl (C=O) groups is 1. The largest absolute Gasteiger partial charge is 0.400 e. The Morgan fingerprint density at radius 3 is 2.39 bits per heavy atom. The Morgan fingerprint density at radius 2 is 1.69 bits per heavy atom. The van der Waals surface area contributed by atoms with Crippen LogP contribution >= 0.6 is 23.1 Å². The van der Waals surface area contributed by atoms with Gasteiger partial charge in [0.25, 0.3) is 0 Å². The first-order valence-electron chi connectivity index (χ1n) is 12.1. The number of nitrogens with two attached hydrogens (primary N) is 1. The van der Waals surface area contributed by atoms with E-state index in [4.69, 9.17) is 15.7 Å². The molecular weight excluding hydrogens is 484 g/mol. The second-order valence-electron chi connectivity index (χ2n) is 8.67. The maximum atomic E-state index is 13.7. The van der Waals surface area contributed by atoms with Crippen molar-refractivity contribution >= 4 is 61.2 Å². The number of aryl methyl sites for hydroxylation is 3. The molecule has 36 heavy (non-hydrogen) atoms. The zero-order chi connectivity index (χ0) is 25.2. The Kier molecular flexibility index (Phi) is 6.94. The number of thiazole rings is 1. The van der Waals surface area contributed by atoms with E-state index in [0.717, 1.165) is 66.7 Å². The number of carbonyl (C=O) groups excluding carboxylic acids is 1. The zero-order valence-electron chi connectivity index (χ0n) is 20.5. The molecule has 0 saturated heterocycles. The van der Waals surface area contributed by atoms with Gasteiger partial charge in [-0.15, -0.1) is 11.3 Å². The molecule has 3 aromatic carbocycles. The maximum Gasteiger partial charge on any atom is 0.243 e. The number of amides is 1. The van der Waals surface area contributed by atoms with E-state index in [9.17, 15) is 4.79 Å². The van der Waals surface area contributed by atoms with E-state index in [2.05, 4.69) is 31.3 Å². The zero-order valence-corrected chi connectivity index (χ0v) is 22.2. The van der Waals surface area contributed by atoms with Gasteiger partial charge in [-0.2, -0.15) is 0 Å². The molecule has 1 amide bonds. The molecule has 1 aliphatic heterocycles. The van der Waals surface area contributed by atoms with Gasteiger partial charge in [0.05, 0.1) is 21.5 Å². The highest BCUT2D eigenvalue weighted by Gasteiger charge is 2.37. The summed E-state index contributed by atoms with van der Waals surface area (Å²) in [6, 6.07) is 22.2. The monoisotopic (exact) mass is 512 g/mol. The minimum atomic E-state index is -0.593. The number of aliphatic imine (C=N–C) groups is 1. The third-order valence-corrected chi connectivity index (χ3v) is 8.62. The number of thioether (sulfide) groups is 1. The number of hydrogen-bond acceptors (Lipinski definition) is 6.